The minimum absolute atomic E-state index is 0.115. The molecule has 0 amide bonds. The predicted molar refractivity (Wildman–Crippen MR) is 129 cm³/mol. The average Bonchev–Trinajstić information content (AvgIpc) is 2.84. The van der Waals surface area contributed by atoms with Gasteiger partial charge in [-0.15, -0.1) is 0 Å². The minimum atomic E-state index is -0.280. The maximum absolute atomic E-state index is 6.15. The zero-order valence-electron chi connectivity index (χ0n) is 19.2. The third-order valence-corrected chi connectivity index (χ3v) is 6.10. The summed E-state index contributed by atoms with van der Waals surface area (Å²) in [4.78, 5) is 6.66. The smallest absolute Gasteiger partial charge is 0.127 e. The SMILES string of the molecule is CC1(C)C=Cc2cc(C(c3cccc(OCc4cccnc4)c3)N3CCOCC3)ccc2O1. The first kappa shape index (κ1) is 21.7. The van der Waals surface area contributed by atoms with Gasteiger partial charge in [-0.25, -0.2) is 0 Å². The van der Waals surface area contributed by atoms with Gasteiger partial charge in [-0.1, -0.05) is 30.3 Å². The molecule has 3 heterocycles. The number of hydrogen-bond donors (Lipinski definition) is 0. The van der Waals surface area contributed by atoms with Crippen LogP contribution in [0.3, 0.4) is 0 Å². The summed E-state index contributed by atoms with van der Waals surface area (Å²) in [7, 11) is 0. The van der Waals surface area contributed by atoms with Crippen LogP contribution >= 0.6 is 0 Å². The summed E-state index contributed by atoms with van der Waals surface area (Å²) in [6.07, 6.45) is 7.91. The van der Waals surface area contributed by atoms with Crippen LogP contribution in [-0.2, 0) is 11.3 Å². The lowest BCUT2D eigenvalue weighted by atomic mass is 9.93. The molecule has 5 rings (SSSR count). The second-order valence-electron chi connectivity index (χ2n) is 9.11. The molecule has 0 bridgehead atoms. The summed E-state index contributed by atoms with van der Waals surface area (Å²) in [6, 6.07) is 19.1. The Labute approximate surface area is 195 Å². The van der Waals surface area contributed by atoms with Crippen LogP contribution in [0.15, 0.2) is 73.1 Å². The standard InChI is InChI=1S/C28H30N2O3/c1-28(2)11-10-22-17-24(8-9-26(22)33-28)27(30-13-15-31-16-14-30)23-6-3-7-25(18-23)32-20-21-5-4-12-29-19-21/h3-12,17-19,27H,13-16,20H2,1-2H3. The van der Waals surface area contributed by atoms with E-state index in [1.165, 1.54) is 11.1 Å². The van der Waals surface area contributed by atoms with E-state index in [2.05, 4.69) is 72.3 Å². The van der Waals surface area contributed by atoms with Crippen molar-refractivity contribution in [1.82, 2.24) is 9.88 Å². The maximum Gasteiger partial charge on any atom is 0.127 e. The number of pyridine rings is 1. The summed E-state index contributed by atoms with van der Waals surface area (Å²) in [5.74, 6) is 1.79. The number of aromatic nitrogens is 1. The van der Waals surface area contributed by atoms with E-state index in [0.29, 0.717) is 6.61 Å². The normalized spacial score (nSPS) is 18.2. The Bertz CT molecular complexity index is 1120. The van der Waals surface area contributed by atoms with Crippen LogP contribution < -0.4 is 9.47 Å². The van der Waals surface area contributed by atoms with E-state index in [1.54, 1.807) is 6.20 Å². The quantitative estimate of drug-likeness (QED) is 0.521. The van der Waals surface area contributed by atoms with E-state index in [4.69, 9.17) is 14.2 Å². The van der Waals surface area contributed by atoms with Gasteiger partial charge in [-0.3, -0.25) is 9.88 Å². The molecule has 2 aromatic carbocycles. The molecular weight excluding hydrogens is 412 g/mol. The highest BCUT2D eigenvalue weighted by molar-refractivity contribution is 5.62. The van der Waals surface area contributed by atoms with Crippen molar-refractivity contribution in [3.05, 3.63) is 95.3 Å². The van der Waals surface area contributed by atoms with E-state index in [-0.39, 0.29) is 11.6 Å². The molecule has 33 heavy (non-hydrogen) atoms. The number of fused-ring (bicyclic) bond motifs is 1. The molecule has 2 aliphatic heterocycles. The van der Waals surface area contributed by atoms with Crippen molar-refractivity contribution in [2.75, 3.05) is 26.3 Å². The van der Waals surface area contributed by atoms with Gasteiger partial charge in [0.1, 0.15) is 23.7 Å². The van der Waals surface area contributed by atoms with Crippen LogP contribution in [0.1, 0.15) is 42.1 Å². The van der Waals surface area contributed by atoms with Gasteiger partial charge in [-0.05, 0) is 61.4 Å². The fourth-order valence-corrected chi connectivity index (χ4v) is 4.44. The van der Waals surface area contributed by atoms with Gasteiger partial charge in [0.05, 0.1) is 19.3 Å². The molecule has 3 aromatic rings. The molecule has 5 nitrogen and oxygen atoms in total. The molecule has 1 atom stereocenters. The first-order valence-electron chi connectivity index (χ1n) is 11.5. The molecule has 0 radical (unpaired) electrons. The highest BCUT2D eigenvalue weighted by Gasteiger charge is 2.27. The molecule has 2 aliphatic rings. The van der Waals surface area contributed by atoms with E-state index < -0.39 is 0 Å². The number of nitrogens with zero attached hydrogens (tertiary/aromatic N) is 2. The first-order valence-corrected chi connectivity index (χ1v) is 11.5. The Hall–Kier alpha value is -3.15. The molecule has 0 N–H and O–H groups in total. The van der Waals surface area contributed by atoms with Crippen molar-refractivity contribution in [3.63, 3.8) is 0 Å². The predicted octanol–water partition coefficient (Wildman–Crippen LogP) is 5.27. The molecule has 1 fully saturated rings. The van der Waals surface area contributed by atoms with E-state index >= 15 is 0 Å². The largest absolute Gasteiger partial charge is 0.489 e. The Kier molecular flexibility index (Phi) is 6.16. The molecule has 170 valence electrons. The molecule has 0 spiro atoms. The van der Waals surface area contributed by atoms with Crippen molar-refractivity contribution in [1.29, 1.82) is 0 Å². The lowest BCUT2D eigenvalue weighted by Gasteiger charge is -2.36. The van der Waals surface area contributed by atoms with Crippen LogP contribution in [0.25, 0.3) is 6.08 Å². The van der Waals surface area contributed by atoms with Gasteiger partial charge in [0, 0.05) is 36.6 Å². The minimum Gasteiger partial charge on any atom is -0.489 e. The first-order chi connectivity index (χ1) is 16.1. The third kappa shape index (κ3) is 5.10. The second kappa shape index (κ2) is 9.38. The lowest BCUT2D eigenvalue weighted by Crippen LogP contribution is -2.39. The van der Waals surface area contributed by atoms with Crippen LogP contribution in [0.5, 0.6) is 11.5 Å². The zero-order chi connectivity index (χ0) is 22.7. The number of rotatable bonds is 6. The van der Waals surface area contributed by atoms with Gasteiger partial charge in [0.2, 0.25) is 0 Å². The monoisotopic (exact) mass is 442 g/mol. The average molecular weight is 443 g/mol. The van der Waals surface area contributed by atoms with Crippen LogP contribution in [0, 0.1) is 0 Å². The fraction of sp³-hybridized carbons (Fsp3) is 0.321. The lowest BCUT2D eigenvalue weighted by molar-refractivity contribution is 0.0239. The van der Waals surface area contributed by atoms with Crippen LogP contribution in [-0.4, -0.2) is 41.8 Å². The van der Waals surface area contributed by atoms with Gasteiger partial charge >= 0.3 is 0 Å². The van der Waals surface area contributed by atoms with Gasteiger partial charge in [0.25, 0.3) is 0 Å². The molecule has 0 aliphatic carbocycles. The Morgan fingerprint density at radius 1 is 1.03 bits per heavy atom. The maximum atomic E-state index is 6.15. The van der Waals surface area contributed by atoms with E-state index in [1.807, 2.05) is 24.4 Å². The summed E-state index contributed by atoms with van der Waals surface area (Å²) in [5.41, 5.74) is 4.35. The van der Waals surface area contributed by atoms with E-state index in [9.17, 15) is 0 Å². The fourth-order valence-electron chi connectivity index (χ4n) is 4.44. The molecule has 1 saturated heterocycles. The Morgan fingerprint density at radius 2 is 1.88 bits per heavy atom. The van der Waals surface area contributed by atoms with Crippen LogP contribution in [0.4, 0.5) is 0 Å². The Balaban J connectivity index is 1.45. The number of benzene rings is 2. The van der Waals surface area contributed by atoms with Crippen molar-refractivity contribution >= 4 is 6.08 Å². The number of morpholine rings is 1. The number of ether oxygens (including phenoxy) is 3. The van der Waals surface area contributed by atoms with Crippen molar-refractivity contribution in [2.24, 2.45) is 0 Å². The third-order valence-electron chi connectivity index (χ3n) is 6.10. The summed E-state index contributed by atoms with van der Waals surface area (Å²) in [5, 5.41) is 0. The topological polar surface area (TPSA) is 43.8 Å². The summed E-state index contributed by atoms with van der Waals surface area (Å²) in [6.45, 7) is 7.92. The zero-order valence-corrected chi connectivity index (χ0v) is 19.2. The Morgan fingerprint density at radius 3 is 2.70 bits per heavy atom. The summed E-state index contributed by atoms with van der Waals surface area (Å²) < 4.78 is 17.9. The van der Waals surface area contributed by atoms with Gasteiger partial charge in [0.15, 0.2) is 0 Å². The van der Waals surface area contributed by atoms with E-state index in [0.717, 1.165) is 48.9 Å². The molecule has 5 heteroatoms. The van der Waals surface area contributed by atoms with Gasteiger partial charge < -0.3 is 14.2 Å². The van der Waals surface area contributed by atoms with Crippen LogP contribution in [0.2, 0.25) is 0 Å². The second-order valence-corrected chi connectivity index (χ2v) is 9.11. The van der Waals surface area contributed by atoms with Crippen molar-refractivity contribution < 1.29 is 14.2 Å². The molecule has 1 aromatic heterocycles. The molecule has 0 saturated carbocycles. The van der Waals surface area contributed by atoms with Crippen molar-refractivity contribution in [3.8, 4) is 11.5 Å². The number of hydrogen-bond acceptors (Lipinski definition) is 5. The summed E-state index contributed by atoms with van der Waals surface area (Å²) >= 11 is 0. The molecule has 1 unspecified atom stereocenters. The highest BCUT2D eigenvalue weighted by atomic mass is 16.5. The van der Waals surface area contributed by atoms with Gasteiger partial charge in [-0.2, -0.15) is 0 Å². The highest BCUT2D eigenvalue weighted by Crippen LogP contribution is 2.37. The molecular formula is C28H30N2O3. The van der Waals surface area contributed by atoms with Crippen molar-refractivity contribution in [2.45, 2.75) is 32.1 Å².